The number of methoxy groups -OCH3 is 1. The van der Waals surface area contributed by atoms with Gasteiger partial charge in [-0.2, -0.15) is 0 Å². The average Bonchev–Trinajstić information content (AvgIpc) is 2.21. The van der Waals surface area contributed by atoms with Crippen molar-refractivity contribution in [1.29, 1.82) is 0 Å². The Morgan fingerprint density at radius 1 is 1.67 bits per heavy atom. The third-order valence-electron chi connectivity index (χ3n) is 2.19. The van der Waals surface area contributed by atoms with Crippen molar-refractivity contribution in [3.05, 3.63) is 22.9 Å². The minimum Gasteiger partial charge on any atom is -0.464 e. The summed E-state index contributed by atoms with van der Waals surface area (Å²) in [6.07, 6.45) is 6.25. The van der Waals surface area contributed by atoms with Crippen LogP contribution in [0.5, 0.6) is 0 Å². The highest BCUT2D eigenvalue weighted by atomic mass is 35.5. The highest BCUT2D eigenvalue weighted by Crippen LogP contribution is 2.17. The van der Waals surface area contributed by atoms with Gasteiger partial charge < -0.3 is 4.74 Å². The van der Waals surface area contributed by atoms with Gasteiger partial charge in [0.25, 0.3) is 0 Å². The van der Waals surface area contributed by atoms with E-state index in [-0.39, 0.29) is 5.71 Å². The van der Waals surface area contributed by atoms with Crippen molar-refractivity contribution in [2.75, 3.05) is 7.11 Å². The summed E-state index contributed by atoms with van der Waals surface area (Å²) in [6, 6.07) is 0. The van der Waals surface area contributed by atoms with Crippen LogP contribution in [-0.2, 0) is 9.53 Å². The van der Waals surface area contributed by atoms with Gasteiger partial charge in [-0.15, -0.1) is 0 Å². The average molecular weight is 228 g/mol. The van der Waals surface area contributed by atoms with Crippen molar-refractivity contribution in [3.63, 3.8) is 0 Å². The summed E-state index contributed by atoms with van der Waals surface area (Å²) in [5.41, 5.74) is 1.45. The Kier molecular flexibility index (Phi) is 4.56. The summed E-state index contributed by atoms with van der Waals surface area (Å²) in [4.78, 5) is 15.4. The molecule has 4 heteroatoms. The molecule has 0 aromatic rings. The van der Waals surface area contributed by atoms with Gasteiger partial charge in [0.15, 0.2) is 0 Å². The van der Waals surface area contributed by atoms with Crippen molar-refractivity contribution < 1.29 is 9.53 Å². The van der Waals surface area contributed by atoms with Crippen LogP contribution in [0.4, 0.5) is 0 Å². The number of rotatable bonds is 2. The number of esters is 1. The van der Waals surface area contributed by atoms with Gasteiger partial charge in [-0.05, 0) is 31.4 Å². The van der Waals surface area contributed by atoms with Crippen LogP contribution in [0.25, 0.3) is 0 Å². The predicted molar refractivity (Wildman–Crippen MR) is 61.0 cm³/mol. The summed E-state index contributed by atoms with van der Waals surface area (Å²) in [5, 5.41) is 0.349. The van der Waals surface area contributed by atoms with E-state index >= 15 is 0 Å². The zero-order valence-electron chi connectivity index (χ0n) is 8.92. The van der Waals surface area contributed by atoms with E-state index in [9.17, 15) is 4.79 Å². The summed E-state index contributed by atoms with van der Waals surface area (Å²) in [7, 11) is 1.33. The molecule has 0 bridgehead atoms. The molecule has 0 unspecified atom stereocenters. The molecule has 0 saturated heterocycles. The fraction of sp³-hybridized carbons (Fsp3) is 0.455. The molecule has 1 rings (SSSR count). The van der Waals surface area contributed by atoms with Gasteiger partial charge in [0.1, 0.15) is 10.9 Å². The molecule has 82 valence electrons. The zero-order chi connectivity index (χ0) is 11.3. The maximum absolute atomic E-state index is 11.4. The van der Waals surface area contributed by atoms with Crippen molar-refractivity contribution in [1.82, 2.24) is 0 Å². The van der Waals surface area contributed by atoms with E-state index < -0.39 is 5.97 Å². The first kappa shape index (κ1) is 12.0. The Balaban J connectivity index is 3.03. The first-order valence-corrected chi connectivity index (χ1v) is 5.27. The Morgan fingerprint density at radius 2 is 2.40 bits per heavy atom. The molecule has 1 aliphatic rings. The number of hydrogen-bond acceptors (Lipinski definition) is 3. The van der Waals surface area contributed by atoms with Crippen molar-refractivity contribution in [2.24, 2.45) is 4.99 Å². The van der Waals surface area contributed by atoms with E-state index in [2.05, 4.69) is 9.73 Å². The van der Waals surface area contributed by atoms with Gasteiger partial charge in [-0.25, -0.2) is 9.79 Å². The molecule has 0 spiro atoms. The van der Waals surface area contributed by atoms with Gasteiger partial charge in [-0.3, -0.25) is 0 Å². The van der Waals surface area contributed by atoms with E-state index in [1.165, 1.54) is 12.7 Å². The number of ether oxygens (including phenoxy) is 1. The molecule has 0 amide bonds. The molecule has 0 N–H and O–H groups in total. The molecular weight excluding hydrogens is 214 g/mol. The van der Waals surface area contributed by atoms with Crippen LogP contribution in [0.2, 0.25) is 0 Å². The topological polar surface area (TPSA) is 38.7 Å². The minimum atomic E-state index is -0.450. The molecule has 0 radical (unpaired) electrons. The number of carbonyl (C=O) groups is 1. The maximum Gasteiger partial charge on any atom is 0.356 e. The molecule has 1 heterocycles. The molecular formula is C11H14ClNO2. The lowest BCUT2D eigenvalue weighted by molar-refractivity contribution is -0.132. The molecule has 0 fully saturated rings. The first-order valence-electron chi connectivity index (χ1n) is 4.89. The maximum atomic E-state index is 11.4. The Hall–Kier alpha value is -1.09. The molecule has 0 aliphatic carbocycles. The molecule has 0 saturated carbocycles. The van der Waals surface area contributed by atoms with E-state index in [0.717, 1.165) is 19.3 Å². The van der Waals surface area contributed by atoms with Gasteiger partial charge in [0.05, 0.1) is 7.11 Å². The van der Waals surface area contributed by atoms with Crippen molar-refractivity contribution >= 4 is 23.3 Å². The van der Waals surface area contributed by atoms with Gasteiger partial charge in [0.2, 0.25) is 0 Å². The Morgan fingerprint density at radius 3 is 3.00 bits per heavy atom. The lowest BCUT2D eigenvalue weighted by atomic mass is 10.0. The van der Waals surface area contributed by atoms with Crippen LogP contribution in [-0.4, -0.2) is 18.8 Å². The summed E-state index contributed by atoms with van der Waals surface area (Å²) in [6.45, 7) is 2.05. The lowest BCUT2D eigenvalue weighted by Crippen LogP contribution is -2.14. The number of carbonyl (C=O) groups excluding carboxylic acids is 1. The Labute approximate surface area is 94.5 Å². The van der Waals surface area contributed by atoms with Crippen LogP contribution in [0.3, 0.4) is 0 Å². The number of halogens is 1. The van der Waals surface area contributed by atoms with Crippen molar-refractivity contribution in [3.8, 4) is 0 Å². The SMILES string of the molecule is CC/C1=C/C(C(=O)OC)=N\C(Cl)=C/CC1. The first-order chi connectivity index (χ1) is 7.17. The van der Waals surface area contributed by atoms with E-state index in [1.54, 1.807) is 6.08 Å². The summed E-state index contributed by atoms with van der Waals surface area (Å²) < 4.78 is 4.63. The number of hydrogen-bond donors (Lipinski definition) is 0. The van der Waals surface area contributed by atoms with Crippen LogP contribution >= 0.6 is 11.6 Å². The molecule has 15 heavy (non-hydrogen) atoms. The van der Waals surface area contributed by atoms with E-state index in [1.807, 2.05) is 13.0 Å². The van der Waals surface area contributed by atoms with E-state index in [0.29, 0.717) is 5.16 Å². The van der Waals surface area contributed by atoms with Crippen LogP contribution in [0.1, 0.15) is 26.2 Å². The van der Waals surface area contributed by atoms with Gasteiger partial charge >= 0.3 is 5.97 Å². The zero-order valence-corrected chi connectivity index (χ0v) is 9.67. The summed E-state index contributed by atoms with van der Waals surface area (Å²) in [5.74, 6) is -0.450. The number of nitrogens with zero attached hydrogens (tertiary/aromatic N) is 1. The fourth-order valence-electron chi connectivity index (χ4n) is 1.32. The van der Waals surface area contributed by atoms with Crippen LogP contribution in [0, 0.1) is 0 Å². The fourth-order valence-corrected chi connectivity index (χ4v) is 1.52. The van der Waals surface area contributed by atoms with Gasteiger partial charge in [-0.1, -0.05) is 24.1 Å². The molecule has 0 aromatic heterocycles. The number of allylic oxidation sites excluding steroid dienone is 2. The normalized spacial score (nSPS) is 27.3. The Bertz CT molecular complexity index is 342. The lowest BCUT2D eigenvalue weighted by Gasteiger charge is -2.07. The standard InChI is InChI=1S/C11H14ClNO2/c1-3-8-5-4-6-10(12)13-9(7-8)11(14)15-2/h6-7H,3-5H2,1-2H3/b8-7-,10-6-,13-9+. The largest absolute Gasteiger partial charge is 0.464 e. The highest BCUT2D eigenvalue weighted by molar-refractivity contribution is 6.43. The minimum absolute atomic E-state index is 0.273. The second kappa shape index (κ2) is 5.71. The predicted octanol–water partition coefficient (Wildman–Crippen LogP) is 2.81. The van der Waals surface area contributed by atoms with Gasteiger partial charge in [0, 0.05) is 0 Å². The highest BCUT2D eigenvalue weighted by Gasteiger charge is 2.12. The molecule has 0 aromatic carbocycles. The molecule has 0 atom stereocenters. The van der Waals surface area contributed by atoms with Crippen LogP contribution < -0.4 is 0 Å². The van der Waals surface area contributed by atoms with E-state index in [4.69, 9.17) is 11.6 Å². The molecule has 3 nitrogen and oxygen atoms in total. The molecule has 1 aliphatic heterocycles. The number of aliphatic imine (C=N–C) groups is 1. The van der Waals surface area contributed by atoms with Crippen molar-refractivity contribution in [2.45, 2.75) is 26.2 Å². The second-order valence-electron chi connectivity index (χ2n) is 3.21. The third-order valence-corrected chi connectivity index (χ3v) is 2.43. The smallest absolute Gasteiger partial charge is 0.356 e. The quantitative estimate of drug-likeness (QED) is 0.538. The second-order valence-corrected chi connectivity index (χ2v) is 3.60. The third kappa shape index (κ3) is 3.51. The monoisotopic (exact) mass is 227 g/mol. The van der Waals surface area contributed by atoms with Crippen LogP contribution in [0.15, 0.2) is 27.9 Å². The summed E-state index contributed by atoms with van der Waals surface area (Å²) >= 11 is 5.82.